The predicted molar refractivity (Wildman–Crippen MR) is 125 cm³/mol. The standard InChI is InChI=1S/C26H38N4O/c1-5-30-19-20(18-27-30)24(31)28-23-10-11-26(22-9-7-6-8-21(22)23)13-16-29(17-14-26)15-12-25(2,3)4/h6-9,18-19,23H,5,10-17H2,1-4H3,(H,28,31)/t23-/m0/s1. The van der Waals surface area contributed by atoms with Crippen LogP contribution in [0, 0.1) is 5.41 Å². The maximum Gasteiger partial charge on any atom is 0.254 e. The highest BCUT2D eigenvalue weighted by Crippen LogP contribution is 2.48. The molecule has 5 heteroatoms. The smallest absolute Gasteiger partial charge is 0.254 e. The van der Waals surface area contributed by atoms with E-state index in [9.17, 15) is 4.79 Å². The van der Waals surface area contributed by atoms with Crippen LogP contribution >= 0.6 is 0 Å². The third-order valence-electron chi connectivity index (χ3n) is 7.34. The maximum atomic E-state index is 12.8. The Bertz CT molecular complexity index is 902. The Labute approximate surface area is 187 Å². The van der Waals surface area contributed by atoms with Crippen molar-refractivity contribution in [3.8, 4) is 0 Å². The summed E-state index contributed by atoms with van der Waals surface area (Å²) in [5, 5.41) is 7.54. The highest BCUT2D eigenvalue weighted by atomic mass is 16.1. The van der Waals surface area contributed by atoms with Gasteiger partial charge in [-0.15, -0.1) is 0 Å². The van der Waals surface area contributed by atoms with Gasteiger partial charge in [0.25, 0.3) is 5.91 Å². The largest absolute Gasteiger partial charge is 0.345 e. The van der Waals surface area contributed by atoms with E-state index in [0.29, 0.717) is 11.0 Å². The lowest BCUT2D eigenvalue weighted by atomic mass is 9.63. The Morgan fingerprint density at radius 1 is 1.19 bits per heavy atom. The van der Waals surface area contributed by atoms with Crippen molar-refractivity contribution in [2.75, 3.05) is 19.6 Å². The van der Waals surface area contributed by atoms with Gasteiger partial charge in [-0.1, -0.05) is 45.0 Å². The van der Waals surface area contributed by atoms with Crippen LogP contribution in [0.2, 0.25) is 0 Å². The van der Waals surface area contributed by atoms with Crippen molar-refractivity contribution in [1.82, 2.24) is 20.0 Å². The van der Waals surface area contributed by atoms with E-state index in [2.05, 4.69) is 60.4 Å². The molecule has 2 heterocycles. The van der Waals surface area contributed by atoms with Gasteiger partial charge in [0.15, 0.2) is 0 Å². The monoisotopic (exact) mass is 422 g/mol. The highest BCUT2D eigenvalue weighted by molar-refractivity contribution is 5.94. The van der Waals surface area contributed by atoms with Gasteiger partial charge in [-0.05, 0) is 80.6 Å². The minimum Gasteiger partial charge on any atom is -0.345 e. The molecular weight excluding hydrogens is 384 g/mol. The minimum atomic E-state index is -0.0209. The second kappa shape index (κ2) is 8.78. The van der Waals surface area contributed by atoms with Crippen LogP contribution < -0.4 is 5.32 Å². The number of hydrogen-bond donors (Lipinski definition) is 1. The SMILES string of the molecule is CCn1cc(C(=O)N[C@H]2CCC3(CCN(CCC(C)(C)C)CC3)c3ccccc32)cn1. The Kier molecular flexibility index (Phi) is 6.25. The van der Waals surface area contributed by atoms with Gasteiger partial charge in [0, 0.05) is 12.7 Å². The molecule has 1 aliphatic heterocycles. The zero-order chi connectivity index (χ0) is 22.1. The van der Waals surface area contributed by atoms with Crippen molar-refractivity contribution in [1.29, 1.82) is 0 Å². The van der Waals surface area contributed by atoms with Crippen LogP contribution in [0.5, 0.6) is 0 Å². The van der Waals surface area contributed by atoms with Crippen LogP contribution in [0.1, 0.15) is 87.3 Å². The number of nitrogens with one attached hydrogen (secondary N) is 1. The fraction of sp³-hybridized carbons (Fsp3) is 0.615. The van der Waals surface area contributed by atoms with Crippen LogP contribution in [0.3, 0.4) is 0 Å². The molecule has 4 rings (SSSR count). The number of hydrogen-bond acceptors (Lipinski definition) is 3. The number of carbonyl (C=O) groups excluding carboxylic acids is 1. The van der Waals surface area contributed by atoms with Gasteiger partial charge in [-0.25, -0.2) is 0 Å². The molecule has 1 saturated heterocycles. The molecule has 2 aromatic rings. The summed E-state index contributed by atoms with van der Waals surface area (Å²) in [5.74, 6) is -0.0209. The summed E-state index contributed by atoms with van der Waals surface area (Å²) in [7, 11) is 0. The van der Waals surface area contributed by atoms with E-state index < -0.39 is 0 Å². The zero-order valence-corrected chi connectivity index (χ0v) is 19.7. The van der Waals surface area contributed by atoms with Gasteiger partial charge in [0.2, 0.25) is 0 Å². The summed E-state index contributed by atoms with van der Waals surface area (Å²) in [6.07, 6.45) is 9.35. The second-order valence-corrected chi connectivity index (χ2v) is 10.7. The van der Waals surface area contributed by atoms with Gasteiger partial charge in [-0.2, -0.15) is 5.10 Å². The van der Waals surface area contributed by atoms with Crippen LogP contribution in [0.15, 0.2) is 36.7 Å². The zero-order valence-electron chi connectivity index (χ0n) is 19.7. The van der Waals surface area contributed by atoms with E-state index in [-0.39, 0.29) is 17.4 Å². The Balaban J connectivity index is 1.46. The molecule has 1 spiro atoms. The van der Waals surface area contributed by atoms with Crippen LogP contribution in [-0.2, 0) is 12.0 Å². The molecule has 0 bridgehead atoms. The summed E-state index contributed by atoms with van der Waals surface area (Å²) in [5.41, 5.74) is 4.08. The van der Waals surface area contributed by atoms with Gasteiger partial charge in [0.1, 0.15) is 0 Å². The Morgan fingerprint density at radius 2 is 1.94 bits per heavy atom. The van der Waals surface area contributed by atoms with Gasteiger partial charge < -0.3 is 10.2 Å². The van der Waals surface area contributed by atoms with E-state index in [1.54, 1.807) is 10.9 Å². The summed E-state index contributed by atoms with van der Waals surface area (Å²) in [6.45, 7) is 13.3. The molecule has 1 N–H and O–H groups in total. The first-order valence-corrected chi connectivity index (χ1v) is 11.9. The fourth-order valence-corrected chi connectivity index (χ4v) is 5.26. The first-order chi connectivity index (χ1) is 14.8. The molecule has 1 aliphatic carbocycles. The number of piperidine rings is 1. The predicted octanol–water partition coefficient (Wildman–Crippen LogP) is 4.94. The number of amides is 1. The molecule has 31 heavy (non-hydrogen) atoms. The topological polar surface area (TPSA) is 50.2 Å². The van der Waals surface area contributed by atoms with Crippen molar-refractivity contribution in [2.24, 2.45) is 5.41 Å². The van der Waals surface area contributed by atoms with E-state index in [1.165, 1.54) is 50.0 Å². The van der Waals surface area contributed by atoms with E-state index in [4.69, 9.17) is 0 Å². The molecule has 1 aromatic carbocycles. The number of fused-ring (bicyclic) bond motifs is 2. The number of nitrogens with zero attached hydrogens (tertiary/aromatic N) is 3. The van der Waals surface area contributed by atoms with Crippen LogP contribution in [0.25, 0.3) is 0 Å². The van der Waals surface area contributed by atoms with E-state index >= 15 is 0 Å². The lowest BCUT2D eigenvalue weighted by Gasteiger charge is -2.47. The number of rotatable bonds is 5. The van der Waals surface area contributed by atoms with Gasteiger partial charge >= 0.3 is 0 Å². The third-order valence-corrected chi connectivity index (χ3v) is 7.34. The average Bonchev–Trinajstić information content (AvgIpc) is 3.25. The molecule has 1 amide bonds. The number of carbonyl (C=O) groups is 1. The molecule has 0 unspecified atom stereocenters. The van der Waals surface area contributed by atoms with Crippen molar-refractivity contribution in [3.63, 3.8) is 0 Å². The first-order valence-electron chi connectivity index (χ1n) is 11.9. The summed E-state index contributed by atoms with van der Waals surface area (Å²) < 4.78 is 1.80. The normalized spacial score (nSPS) is 21.1. The molecule has 0 radical (unpaired) electrons. The van der Waals surface area contributed by atoms with E-state index in [1.807, 2.05) is 13.1 Å². The minimum absolute atomic E-state index is 0.0209. The Hall–Kier alpha value is -2.14. The highest BCUT2D eigenvalue weighted by Gasteiger charge is 2.42. The number of aromatic nitrogens is 2. The van der Waals surface area contributed by atoms with E-state index in [0.717, 1.165) is 19.4 Å². The number of aryl methyl sites for hydroxylation is 1. The van der Waals surface area contributed by atoms with Crippen molar-refractivity contribution in [2.45, 2.75) is 77.8 Å². The molecule has 1 aromatic heterocycles. The van der Waals surface area contributed by atoms with Gasteiger partial charge in [0.05, 0.1) is 17.8 Å². The average molecular weight is 423 g/mol. The second-order valence-electron chi connectivity index (χ2n) is 10.7. The molecular formula is C26H38N4O. The molecule has 168 valence electrons. The Morgan fingerprint density at radius 3 is 2.61 bits per heavy atom. The molecule has 1 atom stereocenters. The summed E-state index contributed by atoms with van der Waals surface area (Å²) >= 11 is 0. The number of benzene rings is 1. The van der Waals surface area contributed by atoms with Crippen molar-refractivity contribution < 1.29 is 4.79 Å². The maximum absolute atomic E-state index is 12.8. The number of likely N-dealkylation sites (tertiary alicyclic amines) is 1. The lowest BCUT2D eigenvalue weighted by Crippen LogP contribution is -2.46. The molecule has 5 nitrogen and oxygen atoms in total. The van der Waals surface area contributed by atoms with Crippen LogP contribution in [0.4, 0.5) is 0 Å². The quantitative estimate of drug-likeness (QED) is 0.743. The fourth-order valence-electron chi connectivity index (χ4n) is 5.26. The van der Waals surface area contributed by atoms with Crippen molar-refractivity contribution in [3.05, 3.63) is 53.3 Å². The summed E-state index contributed by atoms with van der Waals surface area (Å²) in [6, 6.07) is 8.90. The van der Waals surface area contributed by atoms with Crippen LogP contribution in [-0.4, -0.2) is 40.2 Å². The van der Waals surface area contributed by atoms with Gasteiger partial charge in [-0.3, -0.25) is 9.48 Å². The van der Waals surface area contributed by atoms with Crippen molar-refractivity contribution >= 4 is 5.91 Å². The molecule has 0 saturated carbocycles. The lowest BCUT2D eigenvalue weighted by molar-refractivity contribution is 0.0914. The molecule has 2 aliphatic rings. The summed E-state index contributed by atoms with van der Waals surface area (Å²) in [4.78, 5) is 15.5. The third kappa shape index (κ3) is 4.87. The molecule has 1 fully saturated rings. The first kappa shape index (κ1) is 22.1.